The van der Waals surface area contributed by atoms with Gasteiger partial charge in [0.2, 0.25) is 0 Å². The first-order valence-corrected chi connectivity index (χ1v) is 9.29. The molecule has 1 aliphatic heterocycles. The zero-order valence-electron chi connectivity index (χ0n) is 9.60. The van der Waals surface area contributed by atoms with Crippen molar-refractivity contribution in [2.75, 3.05) is 0 Å². The average Bonchev–Trinajstić information content (AvgIpc) is 2.76. The molecule has 0 aliphatic carbocycles. The molecule has 0 spiro atoms. The summed E-state index contributed by atoms with van der Waals surface area (Å²) in [6.45, 7) is 9.48. The Kier molecular flexibility index (Phi) is 3.99. The molecule has 2 heteroatoms. The maximum absolute atomic E-state index is 5.72. The van der Waals surface area contributed by atoms with Crippen LogP contribution < -0.4 is 0 Å². The number of ether oxygens (including phenoxy) is 1. The molecule has 13 heavy (non-hydrogen) atoms. The smallest absolute Gasteiger partial charge is 0.0819 e. The van der Waals surface area contributed by atoms with Crippen molar-refractivity contribution in [2.24, 2.45) is 0 Å². The summed E-state index contributed by atoms with van der Waals surface area (Å²) in [5.41, 5.74) is 0.675. The molecule has 0 radical (unpaired) electrons. The molecule has 1 aliphatic rings. The third-order valence-corrected chi connectivity index (χ3v) is 4.99. The van der Waals surface area contributed by atoms with E-state index in [0.717, 1.165) is 0 Å². The van der Waals surface area contributed by atoms with Gasteiger partial charge in [0.25, 0.3) is 0 Å². The van der Waals surface area contributed by atoms with Crippen LogP contribution in [0.25, 0.3) is 0 Å². The predicted molar refractivity (Wildman–Crippen MR) is 60.8 cm³/mol. The van der Waals surface area contributed by atoms with Gasteiger partial charge < -0.3 is 4.74 Å². The Morgan fingerprint density at radius 1 is 1.08 bits per heavy atom. The fourth-order valence-corrected chi connectivity index (χ4v) is 3.76. The summed E-state index contributed by atoms with van der Waals surface area (Å²) >= 11 is 0. The minimum Gasteiger partial charge on any atom is -0.373 e. The second kappa shape index (κ2) is 4.60. The first-order chi connectivity index (χ1) is 6.05. The molecule has 0 amide bonds. The van der Waals surface area contributed by atoms with Crippen LogP contribution >= 0.6 is 0 Å². The van der Waals surface area contributed by atoms with Crippen LogP contribution in [0.15, 0.2) is 0 Å². The number of hydrogen-bond acceptors (Lipinski definition) is 1. The molecule has 1 heterocycles. The summed E-state index contributed by atoms with van der Waals surface area (Å²) < 4.78 is 5.72. The van der Waals surface area contributed by atoms with Crippen molar-refractivity contribution < 1.29 is 4.74 Å². The summed E-state index contributed by atoms with van der Waals surface area (Å²) in [6.07, 6.45) is 7.46. The van der Waals surface area contributed by atoms with E-state index < -0.39 is 8.07 Å². The second-order valence-corrected chi connectivity index (χ2v) is 10.6. The standard InChI is InChI=1S/C11H24OSi/c1-5-6-7-8-9-10-11(12-10)13(2,3)4/h10-11H,5-9H2,1-4H3/t10-,11?/m1/s1. The fourth-order valence-electron chi connectivity index (χ4n) is 1.90. The highest BCUT2D eigenvalue weighted by molar-refractivity contribution is 6.78. The minimum absolute atomic E-state index is 0.642. The fraction of sp³-hybridized carbons (Fsp3) is 1.00. The van der Waals surface area contributed by atoms with Crippen LogP contribution in [-0.4, -0.2) is 19.9 Å². The lowest BCUT2D eigenvalue weighted by molar-refractivity contribution is 0.377. The van der Waals surface area contributed by atoms with Crippen molar-refractivity contribution in [3.05, 3.63) is 0 Å². The Balaban J connectivity index is 2.01. The molecule has 1 rings (SSSR count). The van der Waals surface area contributed by atoms with Gasteiger partial charge in [0.05, 0.1) is 19.9 Å². The van der Waals surface area contributed by atoms with Gasteiger partial charge in [-0.05, 0) is 6.42 Å². The lowest BCUT2D eigenvalue weighted by atomic mass is 10.1. The van der Waals surface area contributed by atoms with Crippen molar-refractivity contribution >= 4 is 8.07 Å². The van der Waals surface area contributed by atoms with E-state index in [1.54, 1.807) is 0 Å². The Morgan fingerprint density at radius 3 is 2.23 bits per heavy atom. The van der Waals surface area contributed by atoms with E-state index in [2.05, 4.69) is 26.6 Å². The molecule has 0 aromatic carbocycles. The Hall–Kier alpha value is 0.177. The van der Waals surface area contributed by atoms with Gasteiger partial charge >= 0.3 is 0 Å². The quantitative estimate of drug-likeness (QED) is 0.362. The molecule has 0 aromatic heterocycles. The molecule has 1 fully saturated rings. The van der Waals surface area contributed by atoms with E-state index in [4.69, 9.17) is 4.74 Å². The summed E-state index contributed by atoms with van der Waals surface area (Å²) in [7, 11) is -0.977. The van der Waals surface area contributed by atoms with E-state index in [-0.39, 0.29) is 0 Å². The average molecular weight is 200 g/mol. The van der Waals surface area contributed by atoms with Crippen LogP contribution in [0.3, 0.4) is 0 Å². The third kappa shape index (κ3) is 3.82. The van der Waals surface area contributed by atoms with Crippen molar-refractivity contribution in [2.45, 2.75) is 70.5 Å². The molecule has 0 aromatic rings. The molecule has 1 nitrogen and oxygen atoms in total. The van der Waals surface area contributed by atoms with Gasteiger partial charge in [0.1, 0.15) is 0 Å². The summed E-state index contributed by atoms with van der Waals surface area (Å²) in [6, 6.07) is 0. The topological polar surface area (TPSA) is 12.5 Å². The van der Waals surface area contributed by atoms with Crippen LogP contribution in [-0.2, 0) is 4.74 Å². The van der Waals surface area contributed by atoms with E-state index in [9.17, 15) is 0 Å². The highest BCUT2D eigenvalue weighted by Crippen LogP contribution is 2.34. The van der Waals surface area contributed by atoms with E-state index in [1.165, 1.54) is 32.1 Å². The SMILES string of the molecule is CCCCCC[C@H]1OC1[Si](C)(C)C. The van der Waals surface area contributed by atoms with Crippen molar-refractivity contribution in [1.29, 1.82) is 0 Å². The Morgan fingerprint density at radius 2 is 1.77 bits per heavy atom. The minimum atomic E-state index is -0.977. The van der Waals surface area contributed by atoms with Crippen LogP contribution in [0.4, 0.5) is 0 Å². The molecular formula is C11H24OSi. The van der Waals surface area contributed by atoms with Gasteiger partial charge in [-0.25, -0.2) is 0 Å². The Labute approximate surface area is 83.9 Å². The maximum Gasteiger partial charge on any atom is 0.0819 e. The monoisotopic (exact) mass is 200 g/mol. The number of epoxide rings is 1. The molecule has 0 bridgehead atoms. The van der Waals surface area contributed by atoms with E-state index in [1.807, 2.05) is 0 Å². The summed E-state index contributed by atoms with van der Waals surface area (Å²) in [4.78, 5) is 0. The van der Waals surface area contributed by atoms with Crippen LogP contribution in [0.1, 0.15) is 39.0 Å². The predicted octanol–water partition coefficient (Wildman–Crippen LogP) is 3.60. The summed E-state index contributed by atoms with van der Waals surface area (Å²) in [5, 5.41) is 0. The van der Waals surface area contributed by atoms with Crippen LogP contribution in [0.5, 0.6) is 0 Å². The highest BCUT2D eigenvalue weighted by atomic mass is 28.3. The van der Waals surface area contributed by atoms with E-state index in [0.29, 0.717) is 11.8 Å². The number of rotatable bonds is 6. The number of hydrogen-bond donors (Lipinski definition) is 0. The van der Waals surface area contributed by atoms with Gasteiger partial charge in [-0.2, -0.15) is 0 Å². The zero-order valence-corrected chi connectivity index (χ0v) is 10.6. The van der Waals surface area contributed by atoms with Gasteiger partial charge in [-0.15, -0.1) is 0 Å². The van der Waals surface area contributed by atoms with Gasteiger partial charge in [0, 0.05) is 0 Å². The lowest BCUT2D eigenvalue weighted by Gasteiger charge is -2.11. The molecule has 0 N–H and O–H groups in total. The molecule has 78 valence electrons. The zero-order chi connectivity index (χ0) is 9.90. The van der Waals surface area contributed by atoms with Gasteiger partial charge in [0.15, 0.2) is 0 Å². The van der Waals surface area contributed by atoms with E-state index >= 15 is 0 Å². The van der Waals surface area contributed by atoms with Gasteiger partial charge in [-0.1, -0.05) is 52.2 Å². The van der Waals surface area contributed by atoms with Gasteiger partial charge in [-0.3, -0.25) is 0 Å². The largest absolute Gasteiger partial charge is 0.373 e. The molecule has 1 saturated heterocycles. The maximum atomic E-state index is 5.72. The van der Waals surface area contributed by atoms with Crippen LogP contribution in [0, 0.1) is 0 Å². The normalized spacial score (nSPS) is 27.7. The third-order valence-electron chi connectivity index (χ3n) is 2.78. The van der Waals surface area contributed by atoms with Crippen molar-refractivity contribution in [1.82, 2.24) is 0 Å². The second-order valence-electron chi connectivity index (χ2n) is 5.31. The highest BCUT2D eigenvalue weighted by Gasteiger charge is 2.47. The first kappa shape index (κ1) is 11.3. The lowest BCUT2D eigenvalue weighted by Crippen LogP contribution is -2.30. The first-order valence-electron chi connectivity index (χ1n) is 5.71. The molecule has 2 atom stereocenters. The van der Waals surface area contributed by atoms with Crippen molar-refractivity contribution in [3.8, 4) is 0 Å². The van der Waals surface area contributed by atoms with Crippen LogP contribution in [0.2, 0.25) is 19.6 Å². The van der Waals surface area contributed by atoms with Crippen molar-refractivity contribution in [3.63, 3.8) is 0 Å². The number of unbranched alkanes of at least 4 members (excludes halogenated alkanes) is 3. The molecule has 0 saturated carbocycles. The Bertz CT molecular complexity index is 151. The molecule has 1 unspecified atom stereocenters. The molecular weight excluding hydrogens is 176 g/mol. The summed E-state index contributed by atoms with van der Waals surface area (Å²) in [5.74, 6) is 0.